The van der Waals surface area contributed by atoms with Crippen LogP contribution < -0.4 is 5.32 Å². The van der Waals surface area contributed by atoms with E-state index in [0.29, 0.717) is 5.92 Å². The lowest BCUT2D eigenvalue weighted by atomic mass is 10.2. The Bertz CT molecular complexity index is 474. The molecular weight excluding hydrogens is 234 g/mol. The first-order chi connectivity index (χ1) is 8.15. The number of aryl methyl sites for hydroxylation is 1. The molecule has 1 N–H and O–H groups in total. The lowest BCUT2D eigenvalue weighted by Gasteiger charge is -1.99. The Morgan fingerprint density at radius 1 is 1.47 bits per heavy atom. The van der Waals surface area contributed by atoms with Gasteiger partial charge in [0.2, 0.25) is 5.13 Å². The van der Waals surface area contributed by atoms with E-state index in [2.05, 4.69) is 33.6 Å². The molecule has 2 heterocycles. The zero-order valence-electron chi connectivity index (χ0n) is 10.3. The molecule has 2 rings (SSSR count). The van der Waals surface area contributed by atoms with E-state index in [1.54, 1.807) is 0 Å². The maximum Gasteiger partial charge on any atom is 0.202 e. The summed E-state index contributed by atoms with van der Waals surface area (Å²) < 4.78 is 6.11. The smallest absolute Gasteiger partial charge is 0.202 e. The highest BCUT2D eigenvalue weighted by Crippen LogP contribution is 2.17. The summed E-state index contributed by atoms with van der Waals surface area (Å²) >= 11 is 1.42. The largest absolute Gasteiger partial charge is 0.360 e. The van der Waals surface area contributed by atoms with Crippen molar-refractivity contribution in [1.82, 2.24) is 19.1 Å². The molecule has 2 aromatic rings. The molecule has 0 aliphatic heterocycles. The molecular formula is C11H17N5S. The summed E-state index contributed by atoms with van der Waals surface area (Å²) in [5, 5.41) is 8.49. The van der Waals surface area contributed by atoms with Gasteiger partial charge < -0.3 is 5.32 Å². The standard InChI is InChI=1S/C11H17N5S/c1-8(2)10-13-11(17-15-10)12-6-4-9-5-7-16(3)14-9/h5,7-8H,4,6H2,1-3H3,(H,12,13,15). The van der Waals surface area contributed by atoms with E-state index in [9.17, 15) is 0 Å². The van der Waals surface area contributed by atoms with Gasteiger partial charge in [0, 0.05) is 43.7 Å². The summed E-state index contributed by atoms with van der Waals surface area (Å²) in [5.74, 6) is 1.30. The quantitative estimate of drug-likeness (QED) is 0.883. The van der Waals surface area contributed by atoms with Gasteiger partial charge in [-0.1, -0.05) is 13.8 Å². The van der Waals surface area contributed by atoms with E-state index < -0.39 is 0 Å². The average molecular weight is 251 g/mol. The van der Waals surface area contributed by atoms with E-state index in [4.69, 9.17) is 0 Å². The Morgan fingerprint density at radius 2 is 2.29 bits per heavy atom. The van der Waals surface area contributed by atoms with Crippen molar-refractivity contribution in [1.29, 1.82) is 0 Å². The summed E-state index contributed by atoms with van der Waals surface area (Å²) in [4.78, 5) is 4.42. The van der Waals surface area contributed by atoms with Crippen LogP contribution in [0.4, 0.5) is 5.13 Å². The highest BCUT2D eigenvalue weighted by Gasteiger charge is 2.07. The summed E-state index contributed by atoms with van der Waals surface area (Å²) in [7, 11) is 1.93. The van der Waals surface area contributed by atoms with Crippen molar-refractivity contribution in [3.05, 3.63) is 23.8 Å². The van der Waals surface area contributed by atoms with Crippen molar-refractivity contribution in [3.63, 3.8) is 0 Å². The van der Waals surface area contributed by atoms with E-state index in [0.717, 1.165) is 29.6 Å². The second-order valence-corrected chi connectivity index (χ2v) is 5.02. The zero-order valence-corrected chi connectivity index (χ0v) is 11.2. The van der Waals surface area contributed by atoms with Gasteiger partial charge in [-0.05, 0) is 6.07 Å². The number of nitrogens with zero attached hydrogens (tertiary/aromatic N) is 4. The molecule has 5 nitrogen and oxygen atoms in total. The summed E-state index contributed by atoms with van der Waals surface area (Å²) in [5.41, 5.74) is 1.09. The minimum Gasteiger partial charge on any atom is -0.360 e. The van der Waals surface area contributed by atoms with Gasteiger partial charge in [0.05, 0.1) is 5.69 Å². The van der Waals surface area contributed by atoms with E-state index in [1.807, 2.05) is 24.0 Å². The molecule has 0 unspecified atom stereocenters. The number of hydrogen-bond acceptors (Lipinski definition) is 5. The Balaban J connectivity index is 1.81. The van der Waals surface area contributed by atoms with Gasteiger partial charge in [0.1, 0.15) is 5.82 Å². The molecule has 0 aliphatic carbocycles. The molecule has 0 aliphatic rings. The number of nitrogens with one attached hydrogen (secondary N) is 1. The summed E-state index contributed by atoms with van der Waals surface area (Å²) in [6.07, 6.45) is 2.86. The van der Waals surface area contributed by atoms with Crippen LogP contribution in [-0.2, 0) is 13.5 Å². The number of rotatable bonds is 5. The summed E-state index contributed by atoms with van der Waals surface area (Å²) in [6, 6.07) is 2.03. The van der Waals surface area contributed by atoms with Crippen molar-refractivity contribution in [3.8, 4) is 0 Å². The zero-order chi connectivity index (χ0) is 12.3. The molecule has 0 radical (unpaired) electrons. The van der Waals surface area contributed by atoms with Gasteiger partial charge >= 0.3 is 0 Å². The predicted octanol–water partition coefficient (Wildman–Crippen LogP) is 2.05. The Labute approximate surface area is 105 Å². The highest BCUT2D eigenvalue weighted by atomic mass is 32.1. The first kappa shape index (κ1) is 12.0. The van der Waals surface area contributed by atoms with Gasteiger partial charge in [-0.3, -0.25) is 4.68 Å². The molecule has 0 saturated carbocycles. The van der Waals surface area contributed by atoms with Crippen LogP contribution in [0.3, 0.4) is 0 Å². The van der Waals surface area contributed by atoms with E-state index in [1.165, 1.54) is 11.5 Å². The normalized spacial score (nSPS) is 11.1. The van der Waals surface area contributed by atoms with Crippen LogP contribution in [0.25, 0.3) is 0 Å². The maximum absolute atomic E-state index is 4.42. The first-order valence-corrected chi connectivity index (χ1v) is 6.48. The maximum atomic E-state index is 4.42. The van der Waals surface area contributed by atoms with Gasteiger partial charge in [0.25, 0.3) is 0 Å². The van der Waals surface area contributed by atoms with E-state index in [-0.39, 0.29) is 0 Å². The fourth-order valence-corrected chi connectivity index (χ4v) is 2.17. The molecule has 17 heavy (non-hydrogen) atoms. The van der Waals surface area contributed by atoms with Crippen LogP contribution in [0, 0.1) is 0 Å². The minimum absolute atomic E-state index is 0.387. The molecule has 0 fully saturated rings. The van der Waals surface area contributed by atoms with Crippen molar-refractivity contribution < 1.29 is 0 Å². The monoisotopic (exact) mass is 251 g/mol. The van der Waals surface area contributed by atoms with Crippen LogP contribution in [0.1, 0.15) is 31.3 Å². The number of hydrogen-bond donors (Lipinski definition) is 1. The van der Waals surface area contributed by atoms with Crippen LogP contribution in [0.15, 0.2) is 12.3 Å². The SMILES string of the molecule is CC(C)c1nsc(NCCc2ccn(C)n2)n1. The lowest BCUT2D eigenvalue weighted by molar-refractivity contribution is 0.742. The first-order valence-electron chi connectivity index (χ1n) is 5.71. The predicted molar refractivity (Wildman–Crippen MR) is 69.4 cm³/mol. The lowest BCUT2D eigenvalue weighted by Crippen LogP contribution is -2.05. The third-order valence-electron chi connectivity index (χ3n) is 2.38. The van der Waals surface area contributed by atoms with E-state index >= 15 is 0 Å². The third-order valence-corrected chi connectivity index (χ3v) is 3.07. The Hall–Kier alpha value is -1.43. The van der Waals surface area contributed by atoms with Crippen molar-refractivity contribution >= 4 is 16.7 Å². The molecule has 0 amide bonds. The molecule has 6 heteroatoms. The highest BCUT2D eigenvalue weighted by molar-refractivity contribution is 7.09. The van der Waals surface area contributed by atoms with Gasteiger partial charge in [-0.25, -0.2) is 4.98 Å². The van der Waals surface area contributed by atoms with Crippen LogP contribution >= 0.6 is 11.5 Å². The van der Waals surface area contributed by atoms with Crippen molar-refractivity contribution in [2.75, 3.05) is 11.9 Å². The second-order valence-electron chi connectivity index (χ2n) is 4.27. The molecule has 0 aromatic carbocycles. The van der Waals surface area contributed by atoms with Gasteiger partial charge in [-0.2, -0.15) is 9.47 Å². The summed E-state index contributed by atoms with van der Waals surface area (Å²) in [6.45, 7) is 5.03. The molecule has 0 spiro atoms. The topological polar surface area (TPSA) is 55.6 Å². The number of anilines is 1. The molecule has 92 valence electrons. The third kappa shape index (κ3) is 3.26. The molecule has 0 saturated heterocycles. The fourth-order valence-electron chi connectivity index (χ4n) is 1.44. The average Bonchev–Trinajstić information content (AvgIpc) is 2.88. The number of aromatic nitrogens is 4. The van der Waals surface area contributed by atoms with Crippen molar-refractivity contribution in [2.45, 2.75) is 26.2 Å². The second kappa shape index (κ2) is 5.27. The molecule has 2 aromatic heterocycles. The van der Waals surface area contributed by atoms with Crippen LogP contribution in [-0.4, -0.2) is 25.7 Å². The Morgan fingerprint density at radius 3 is 2.88 bits per heavy atom. The van der Waals surface area contributed by atoms with Gasteiger partial charge in [0.15, 0.2) is 0 Å². The minimum atomic E-state index is 0.387. The Kier molecular flexibility index (Phi) is 3.73. The van der Waals surface area contributed by atoms with Gasteiger partial charge in [-0.15, -0.1) is 0 Å². The molecule has 0 atom stereocenters. The van der Waals surface area contributed by atoms with Crippen molar-refractivity contribution in [2.24, 2.45) is 7.05 Å². The van der Waals surface area contributed by atoms with Crippen LogP contribution in [0.5, 0.6) is 0 Å². The fraction of sp³-hybridized carbons (Fsp3) is 0.545. The van der Waals surface area contributed by atoms with Crippen LogP contribution in [0.2, 0.25) is 0 Å². The molecule has 0 bridgehead atoms.